The topological polar surface area (TPSA) is 0 Å². The lowest BCUT2D eigenvalue weighted by Gasteiger charge is -1.90. The van der Waals surface area contributed by atoms with Crippen LogP contribution in [0, 0.1) is 5.92 Å². The molecule has 0 amide bonds. The van der Waals surface area contributed by atoms with Crippen molar-refractivity contribution in [3.05, 3.63) is 5.92 Å². The molecule has 0 aromatic carbocycles. The van der Waals surface area contributed by atoms with Crippen LogP contribution in [0.4, 0.5) is 0 Å². The fourth-order valence-corrected chi connectivity index (χ4v) is 0.979. The molecule has 0 aliphatic heterocycles. The largest absolute Gasteiger partial charge is 0.187 e. The van der Waals surface area contributed by atoms with Gasteiger partial charge in [-0.15, -0.1) is 0 Å². The van der Waals surface area contributed by atoms with E-state index in [9.17, 15) is 0 Å². The zero-order valence-electron chi connectivity index (χ0n) is 4.33. The van der Waals surface area contributed by atoms with E-state index in [1.54, 1.807) is 5.92 Å². The fraction of sp³-hybridized carbons (Fsp3) is 0.833. The Morgan fingerprint density at radius 3 is 1.71 bits per heavy atom. The summed E-state index contributed by atoms with van der Waals surface area (Å²) in [6.45, 7) is 2.26. The minimum absolute atomic E-state index is 0. The minimum Gasteiger partial charge on any atom is -0.0591 e. The molecule has 41 valence electrons. The Morgan fingerprint density at radius 2 is 1.57 bits per heavy atom. The molecule has 0 N–H and O–H groups in total. The van der Waals surface area contributed by atoms with Crippen LogP contribution in [0.3, 0.4) is 0 Å². The Labute approximate surface area is 56.4 Å². The lowest BCUT2D eigenvalue weighted by Crippen LogP contribution is -1.74. The minimum atomic E-state index is 0. The van der Waals surface area contributed by atoms with Crippen LogP contribution in [0.5, 0.6) is 0 Å². The SMILES string of the molecule is C[C]1CCCC1.[AlH3]. The third-order valence-electron chi connectivity index (χ3n) is 1.46. The highest BCUT2D eigenvalue weighted by atomic mass is 27.0. The van der Waals surface area contributed by atoms with Crippen LogP contribution in [0.2, 0.25) is 0 Å². The smallest absolute Gasteiger partial charge is 0.0591 e. The molecule has 1 aliphatic rings. The maximum Gasteiger partial charge on any atom is 0.187 e. The van der Waals surface area contributed by atoms with Gasteiger partial charge < -0.3 is 0 Å². The molecule has 0 heterocycles. The predicted octanol–water partition coefficient (Wildman–Crippen LogP) is 0.971. The average molecular weight is 113 g/mol. The Morgan fingerprint density at radius 1 is 1.14 bits per heavy atom. The summed E-state index contributed by atoms with van der Waals surface area (Å²) in [5.74, 6) is 1.70. The van der Waals surface area contributed by atoms with Crippen molar-refractivity contribution in [2.45, 2.75) is 32.6 Å². The molecular weight excluding hydrogens is 99.0 g/mol. The van der Waals surface area contributed by atoms with Gasteiger partial charge in [0, 0.05) is 0 Å². The Hall–Kier alpha value is 0.532. The molecule has 1 radical (unpaired) electrons. The van der Waals surface area contributed by atoms with Gasteiger partial charge in [0.15, 0.2) is 17.4 Å². The van der Waals surface area contributed by atoms with Gasteiger partial charge in [0.2, 0.25) is 0 Å². The van der Waals surface area contributed by atoms with Crippen molar-refractivity contribution in [2.24, 2.45) is 0 Å². The Bertz CT molecular complexity index is 37.4. The normalized spacial score (nSPS) is 21.9. The molecule has 0 atom stereocenters. The first-order chi connectivity index (χ1) is 2.89. The van der Waals surface area contributed by atoms with Crippen molar-refractivity contribution < 1.29 is 0 Å². The Kier molecular flexibility index (Phi) is 3.79. The van der Waals surface area contributed by atoms with E-state index in [4.69, 9.17) is 0 Å². The van der Waals surface area contributed by atoms with E-state index < -0.39 is 0 Å². The highest BCUT2D eigenvalue weighted by Crippen LogP contribution is 2.24. The second-order valence-corrected chi connectivity index (χ2v) is 2.16. The molecule has 0 spiro atoms. The summed E-state index contributed by atoms with van der Waals surface area (Å²) in [6.07, 6.45) is 5.71. The summed E-state index contributed by atoms with van der Waals surface area (Å²) in [5, 5.41) is 0. The van der Waals surface area contributed by atoms with E-state index in [2.05, 4.69) is 6.92 Å². The maximum absolute atomic E-state index is 2.26. The molecule has 0 bridgehead atoms. The third-order valence-corrected chi connectivity index (χ3v) is 1.46. The molecular formula is C6H14Al. The summed E-state index contributed by atoms with van der Waals surface area (Å²) in [6, 6.07) is 0. The van der Waals surface area contributed by atoms with Crippen molar-refractivity contribution in [3.8, 4) is 0 Å². The van der Waals surface area contributed by atoms with Crippen LogP contribution in [-0.2, 0) is 0 Å². The van der Waals surface area contributed by atoms with Crippen LogP contribution in [-0.4, -0.2) is 17.4 Å². The molecule has 1 rings (SSSR count). The summed E-state index contributed by atoms with van der Waals surface area (Å²) in [5.41, 5.74) is 0. The van der Waals surface area contributed by atoms with Crippen LogP contribution in [0.25, 0.3) is 0 Å². The molecule has 7 heavy (non-hydrogen) atoms. The van der Waals surface area contributed by atoms with Gasteiger partial charge in [0.25, 0.3) is 0 Å². The molecule has 1 saturated carbocycles. The molecule has 1 aliphatic carbocycles. The van der Waals surface area contributed by atoms with E-state index >= 15 is 0 Å². The molecule has 0 unspecified atom stereocenters. The highest BCUT2D eigenvalue weighted by Gasteiger charge is 2.07. The van der Waals surface area contributed by atoms with E-state index in [1.807, 2.05) is 0 Å². The van der Waals surface area contributed by atoms with Crippen molar-refractivity contribution in [2.75, 3.05) is 0 Å². The van der Waals surface area contributed by atoms with E-state index in [0.717, 1.165) is 0 Å². The van der Waals surface area contributed by atoms with Crippen molar-refractivity contribution >= 4 is 17.4 Å². The van der Waals surface area contributed by atoms with Crippen molar-refractivity contribution in [1.29, 1.82) is 0 Å². The second kappa shape index (κ2) is 3.52. The van der Waals surface area contributed by atoms with Gasteiger partial charge in [-0.3, -0.25) is 0 Å². The first kappa shape index (κ1) is 7.53. The van der Waals surface area contributed by atoms with E-state index in [-0.39, 0.29) is 17.4 Å². The zero-order valence-corrected chi connectivity index (χ0v) is 4.33. The van der Waals surface area contributed by atoms with E-state index in [0.29, 0.717) is 0 Å². The van der Waals surface area contributed by atoms with Gasteiger partial charge in [-0.25, -0.2) is 0 Å². The van der Waals surface area contributed by atoms with E-state index in [1.165, 1.54) is 25.7 Å². The average Bonchev–Trinajstić information content (AvgIpc) is 1.86. The maximum atomic E-state index is 2.26. The molecule has 1 heteroatoms. The van der Waals surface area contributed by atoms with Crippen LogP contribution in [0.15, 0.2) is 0 Å². The standard InChI is InChI=1S/C6H11.Al.3H/c1-6-4-2-3-5-6;;;;/h2-5H2,1H3;;;;. The van der Waals surface area contributed by atoms with Crippen molar-refractivity contribution in [1.82, 2.24) is 0 Å². The van der Waals surface area contributed by atoms with Gasteiger partial charge in [0.05, 0.1) is 0 Å². The molecule has 1 fully saturated rings. The van der Waals surface area contributed by atoms with Gasteiger partial charge >= 0.3 is 0 Å². The number of rotatable bonds is 0. The lowest BCUT2D eigenvalue weighted by molar-refractivity contribution is 0.886. The summed E-state index contributed by atoms with van der Waals surface area (Å²) >= 11 is 0. The first-order valence-electron chi connectivity index (χ1n) is 2.71. The fourth-order valence-electron chi connectivity index (χ4n) is 0.979. The summed E-state index contributed by atoms with van der Waals surface area (Å²) < 4.78 is 0. The number of hydrogen-bond acceptors (Lipinski definition) is 0. The molecule has 0 aromatic heterocycles. The molecule has 0 aromatic rings. The highest BCUT2D eigenvalue weighted by molar-refractivity contribution is 5.75. The van der Waals surface area contributed by atoms with Gasteiger partial charge in [0.1, 0.15) is 0 Å². The molecule has 0 nitrogen and oxygen atoms in total. The van der Waals surface area contributed by atoms with Crippen LogP contribution < -0.4 is 0 Å². The number of hydrogen-bond donors (Lipinski definition) is 0. The monoisotopic (exact) mass is 113 g/mol. The zero-order chi connectivity index (χ0) is 4.41. The van der Waals surface area contributed by atoms with Crippen molar-refractivity contribution in [3.63, 3.8) is 0 Å². The van der Waals surface area contributed by atoms with Gasteiger partial charge in [-0.05, 0) is 18.8 Å². The molecule has 0 saturated heterocycles. The van der Waals surface area contributed by atoms with Crippen LogP contribution in [0.1, 0.15) is 32.6 Å². The first-order valence-corrected chi connectivity index (χ1v) is 2.71. The summed E-state index contributed by atoms with van der Waals surface area (Å²) in [4.78, 5) is 0. The lowest BCUT2D eigenvalue weighted by atomic mass is 10.2. The summed E-state index contributed by atoms with van der Waals surface area (Å²) in [7, 11) is 0. The van der Waals surface area contributed by atoms with Gasteiger partial charge in [-0.1, -0.05) is 19.8 Å². The quantitative estimate of drug-likeness (QED) is 0.411. The predicted molar refractivity (Wildman–Crippen MR) is 37.3 cm³/mol. The Balaban J connectivity index is 0.000000360. The second-order valence-electron chi connectivity index (χ2n) is 2.16. The third kappa shape index (κ3) is 2.37. The van der Waals surface area contributed by atoms with Crippen LogP contribution >= 0.6 is 0 Å². The van der Waals surface area contributed by atoms with Gasteiger partial charge in [-0.2, -0.15) is 0 Å².